The third-order valence-electron chi connectivity index (χ3n) is 4.72. The van der Waals surface area contributed by atoms with Crippen LogP contribution in [0.2, 0.25) is 5.15 Å². The lowest BCUT2D eigenvalue weighted by Gasteiger charge is -2.34. The number of benzene rings is 1. The lowest BCUT2D eigenvalue weighted by atomic mass is 9.91. The van der Waals surface area contributed by atoms with E-state index in [0.29, 0.717) is 22.8 Å². The maximum atomic E-state index is 13.5. The first-order valence-electron chi connectivity index (χ1n) is 9.00. The van der Waals surface area contributed by atoms with Crippen LogP contribution >= 0.6 is 11.6 Å². The van der Waals surface area contributed by atoms with E-state index in [2.05, 4.69) is 25.8 Å². The van der Waals surface area contributed by atoms with Gasteiger partial charge in [0.25, 0.3) is 0 Å². The van der Waals surface area contributed by atoms with Gasteiger partial charge in [0.2, 0.25) is 5.91 Å². The first kappa shape index (κ1) is 18.9. The van der Waals surface area contributed by atoms with E-state index in [9.17, 15) is 9.18 Å². The largest absolute Gasteiger partial charge is 0.343 e. The molecule has 0 aliphatic carbocycles. The summed E-state index contributed by atoms with van der Waals surface area (Å²) in [6.07, 6.45) is 3.97. The molecule has 1 aromatic heterocycles. The fraction of sp³-hybridized carbons (Fsp3) is 0.500. The SMILES string of the molecule is CC(C)(C)CC(=O)N1CCC(n2cnc(-c3cccc(F)c3)c2Cl)CC1. The number of likely N-dealkylation sites (tertiary alicyclic amines) is 1. The number of halogens is 2. The Bertz CT molecular complexity index is 789. The van der Waals surface area contributed by atoms with Crippen LogP contribution in [0.5, 0.6) is 0 Å². The molecule has 1 saturated heterocycles. The van der Waals surface area contributed by atoms with E-state index < -0.39 is 0 Å². The third kappa shape index (κ3) is 4.26. The average molecular weight is 378 g/mol. The Morgan fingerprint density at radius 1 is 1.31 bits per heavy atom. The summed E-state index contributed by atoms with van der Waals surface area (Å²) >= 11 is 6.53. The summed E-state index contributed by atoms with van der Waals surface area (Å²) in [7, 11) is 0. The predicted molar refractivity (Wildman–Crippen MR) is 102 cm³/mol. The van der Waals surface area contributed by atoms with Crippen molar-refractivity contribution in [2.45, 2.75) is 46.1 Å². The fourth-order valence-electron chi connectivity index (χ4n) is 3.39. The van der Waals surface area contributed by atoms with Crippen LogP contribution in [0.15, 0.2) is 30.6 Å². The number of rotatable bonds is 3. The van der Waals surface area contributed by atoms with Crippen molar-refractivity contribution in [3.8, 4) is 11.3 Å². The van der Waals surface area contributed by atoms with Gasteiger partial charge < -0.3 is 9.47 Å². The van der Waals surface area contributed by atoms with Gasteiger partial charge in [-0.15, -0.1) is 0 Å². The molecule has 1 amide bonds. The monoisotopic (exact) mass is 377 g/mol. The Kier molecular flexibility index (Phi) is 5.37. The first-order chi connectivity index (χ1) is 12.2. The highest BCUT2D eigenvalue weighted by Crippen LogP contribution is 2.33. The normalized spacial score (nSPS) is 16.1. The number of hydrogen-bond acceptors (Lipinski definition) is 2. The molecule has 1 aliphatic rings. The number of amides is 1. The van der Waals surface area contributed by atoms with Crippen LogP contribution < -0.4 is 0 Å². The molecule has 2 heterocycles. The molecule has 0 bridgehead atoms. The zero-order chi connectivity index (χ0) is 18.9. The molecule has 0 atom stereocenters. The topological polar surface area (TPSA) is 38.1 Å². The van der Waals surface area contributed by atoms with Crippen LogP contribution in [-0.2, 0) is 4.79 Å². The Morgan fingerprint density at radius 2 is 2.00 bits per heavy atom. The Morgan fingerprint density at radius 3 is 2.62 bits per heavy atom. The van der Waals surface area contributed by atoms with Gasteiger partial charge in [-0.1, -0.05) is 44.5 Å². The molecule has 1 aliphatic heterocycles. The van der Waals surface area contributed by atoms with Gasteiger partial charge in [-0.2, -0.15) is 0 Å². The summed E-state index contributed by atoms with van der Waals surface area (Å²) in [6.45, 7) is 7.69. The third-order valence-corrected chi connectivity index (χ3v) is 5.10. The highest BCUT2D eigenvalue weighted by atomic mass is 35.5. The van der Waals surface area contributed by atoms with E-state index in [1.807, 2.05) is 9.47 Å². The van der Waals surface area contributed by atoms with Crippen LogP contribution in [0, 0.1) is 11.2 Å². The quantitative estimate of drug-likeness (QED) is 0.759. The molecule has 1 aromatic carbocycles. The second kappa shape index (κ2) is 7.39. The minimum atomic E-state index is -0.307. The van der Waals surface area contributed by atoms with E-state index in [1.54, 1.807) is 18.5 Å². The van der Waals surface area contributed by atoms with Gasteiger partial charge in [-0.3, -0.25) is 4.79 Å². The lowest BCUT2D eigenvalue weighted by molar-refractivity contribution is -0.134. The molecule has 0 unspecified atom stereocenters. The maximum absolute atomic E-state index is 13.5. The molecule has 4 nitrogen and oxygen atoms in total. The van der Waals surface area contributed by atoms with Crippen molar-refractivity contribution in [3.63, 3.8) is 0 Å². The second-order valence-electron chi connectivity index (χ2n) is 8.15. The molecule has 0 saturated carbocycles. The minimum absolute atomic E-state index is 0.00144. The van der Waals surface area contributed by atoms with Crippen molar-refractivity contribution in [2.24, 2.45) is 5.41 Å². The number of aromatic nitrogens is 2. The Hall–Kier alpha value is -1.88. The standard InChI is InChI=1S/C20H25ClFN3O/c1-20(2,3)12-17(26)24-9-7-16(8-10-24)25-13-23-18(19(25)21)14-5-4-6-15(22)11-14/h4-6,11,13,16H,7-10,12H2,1-3H3. The van der Waals surface area contributed by atoms with Gasteiger partial charge in [-0.05, 0) is 30.4 Å². The highest BCUT2D eigenvalue weighted by Gasteiger charge is 2.28. The number of piperidine rings is 1. The van der Waals surface area contributed by atoms with Gasteiger partial charge in [-0.25, -0.2) is 9.37 Å². The summed E-state index contributed by atoms with van der Waals surface area (Å²) in [5.41, 5.74) is 1.27. The molecule has 0 spiro atoms. The summed E-state index contributed by atoms with van der Waals surface area (Å²) in [5.74, 6) is -0.0908. The number of carbonyl (C=O) groups excluding carboxylic acids is 1. The maximum Gasteiger partial charge on any atom is 0.223 e. The van der Waals surface area contributed by atoms with Crippen molar-refractivity contribution in [3.05, 3.63) is 41.6 Å². The average Bonchev–Trinajstić information content (AvgIpc) is 2.95. The molecule has 6 heteroatoms. The van der Waals surface area contributed by atoms with E-state index >= 15 is 0 Å². The molecule has 2 aromatic rings. The Balaban J connectivity index is 1.68. The van der Waals surface area contributed by atoms with Crippen LogP contribution in [0.25, 0.3) is 11.3 Å². The number of carbonyl (C=O) groups is 1. The zero-order valence-electron chi connectivity index (χ0n) is 15.5. The molecule has 1 fully saturated rings. The molecule has 140 valence electrons. The molecular formula is C20H25ClFN3O. The molecule has 0 N–H and O–H groups in total. The van der Waals surface area contributed by atoms with Crippen molar-refractivity contribution in [2.75, 3.05) is 13.1 Å². The summed E-state index contributed by atoms with van der Waals surface area (Å²) < 4.78 is 15.4. The van der Waals surface area contributed by atoms with Gasteiger partial charge in [0, 0.05) is 31.1 Å². The van der Waals surface area contributed by atoms with Crippen molar-refractivity contribution < 1.29 is 9.18 Å². The Labute approximate surface area is 159 Å². The molecule has 3 rings (SSSR count). The van der Waals surface area contributed by atoms with Gasteiger partial charge in [0.1, 0.15) is 16.7 Å². The van der Waals surface area contributed by atoms with Gasteiger partial charge in [0.05, 0.1) is 6.33 Å². The number of imidazole rings is 1. The fourth-order valence-corrected chi connectivity index (χ4v) is 3.73. The summed E-state index contributed by atoms with van der Waals surface area (Å²) in [6, 6.07) is 6.50. The van der Waals surface area contributed by atoms with E-state index in [0.717, 1.165) is 25.9 Å². The van der Waals surface area contributed by atoms with Crippen LogP contribution in [0.1, 0.15) is 46.1 Å². The molecule has 0 radical (unpaired) electrons. The van der Waals surface area contributed by atoms with Crippen molar-refractivity contribution in [1.29, 1.82) is 0 Å². The first-order valence-corrected chi connectivity index (χ1v) is 9.38. The summed E-state index contributed by atoms with van der Waals surface area (Å²) in [5, 5.41) is 0.523. The molecular weight excluding hydrogens is 353 g/mol. The van der Waals surface area contributed by atoms with Gasteiger partial charge in [0.15, 0.2) is 0 Å². The zero-order valence-corrected chi connectivity index (χ0v) is 16.3. The number of nitrogens with zero attached hydrogens (tertiary/aromatic N) is 3. The van der Waals surface area contributed by atoms with E-state index in [1.165, 1.54) is 12.1 Å². The van der Waals surface area contributed by atoms with Crippen LogP contribution in [0.4, 0.5) is 4.39 Å². The lowest BCUT2D eigenvalue weighted by Crippen LogP contribution is -2.40. The highest BCUT2D eigenvalue weighted by molar-refractivity contribution is 6.32. The van der Waals surface area contributed by atoms with Gasteiger partial charge >= 0.3 is 0 Å². The van der Waals surface area contributed by atoms with Crippen molar-refractivity contribution >= 4 is 17.5 Å². The molecule has 26 heavy (non-hydrogen) atoms. The smallest absolute Gasteiger partial charge is 0.223 e. The predicted octanol–water partition coefficient (Wildman–Crippen LogP) is 4.94. The van der Waals surface area contributed by atoms with Crippen LogP contribution in [0.3, 0.4) is 0 Å². The van der Waals surface area contributed by atoms with Crippen molar-refractivity contribution in [1.82, 2.24) is 14.5 Å². The van der Waals surface area contributed by atoms with Crippen LogP contribution in [-0.4, -0.2) is 33.4 Å². The minimum Gasteiger partial charge on any atom is -0.343 e. The second-order valence-corrected chi connectivity index (χ2v) is 8.51. The number of hydrogen-bond donors (Lipinski definition) is 0. The van der Waals surface area contributed by atoms with E-state index in [-0.39, 0.29) is 23.2 Å². The summed E-state index contributed by atoms with van der Waals surface area (Å²) in [4.78, 5) is 18.7. The van der Waals surface area contributed by atoms with E-state index in [4.69, 9.17) is 11.6 Å².